The Morgan fingerprint density at radius 1 is 1.32 bits per heavy atom. The highest BCUT2D eigenvalue weighted by Gasteiger charge is 2.15. The first-order valence-corrected chi connectivity index (χ1v) is 5.39. The largest absolute Gasteiger partial charge is 0.486 e. The lowest BCUT2D eigenvalue weighted by Gasteiger charge is -2.19. The van der Waals surface area contributed by atoms with Gasteiger partial charge in [-0.2, -0.15) is 0 Å². The van der Waals surface area contributed by atoms with Gasteiger partial charge in [-0.25, -0.2) is 4.79 Å². The van der Waals surface area contributed by atoms with Crippen molar-refractivity contribution in [3.05, 3.63) is 29.8 Å². The van der Waals surface area contributed by atoms with Gasteiger partial charge < -0.3 is 30.5 Å². The average molecular weight is 267 g/mol. The number of nitrogens with two attached hydrogens (primary N) is 2. The molecule has 2 rings (SSSR count). The highest BCUT2D eigenvalue weighted by Crippen LogP contribution is 2.33. The van der Waals surface area contributed by atoms with Crippen molar-refractivity contribution in [1.29, 1.82) is 0 Å². The van der Waals surface area contributed by atoms with Gasteiger partial charge in [-0.1, -0.05) is 0 Å². The third kappa shape index (κ3) is 2.80. The molecule has 8 nitrogen and oxygen atoms in total. The third-order valence-electron chi connectivity index (χ3n) is 2.35. The molecule has 0 bridgehead atoms. The Labute approximate surface area is 108 Å². The highest BCUT2D eigenvalue weighted by atomic mass is 16.6. The van der Waals surface area contributed by atoms with E-state index in [-0.39, 0.29) is 5.88 Å². The second kappa shape index (κ2) is 5.36. The molecule has 0 aromatic heterocycles. The quantitative estimate of drug-likeness (QED) is 0.249. The second-order valence-electron chi connectivity index (χ2n) is 3.60. The van der Waals surface area contributed by atoms with Crippen molar-refractivity contribution in [3.8, 4) is 17.2 Å². The predicted molar refractivity (Wildman–Crippen MR) is 64.2 cm³/mol. The highest BCUT2D eigenvalue weighted by molar-refractivity contribution is 5.86. The first-order chi connectivity index (χ1) is 9.11. The minimum atomic E-state index is -1.32. The molecule has 0 atom stereocenters. The Hall–Kier alpha value is -2.61. The van der Waals surface area contributed by atoms with Crippen molar-refractivity contribution in [2.45, 2.75) is 0 Å². The van der Waals surface area contributed by atoms with Gasteiger partial charge in [-0.15, -0.1) is 0 Å². The molecule has 1 aliphatic heterocycles. The van der Waals surface area contributed by atoms with Crippen LogP contribution in [-0.4, -0.2) is 24.3 Å². The topological polar surface area (TPSA) is 129 Å². The van der Waals surface area contributed by atoms with Crippen LogP contribution in [0.1, 0.15) is 0 Å². The van der Waals surface area contributed by atoms with E-state index in [9.17, 15) is 4.79 Å². The molecule has 1 aliphatic rings. The van der Waals surface area contributed by atoms with Gasteiger partial charge in [0.05, 0.1) is 0 Å². The lowest BCUT2D eigenvalue weighted by molar-refractivity contribution is -0.133. The number of ether oxygens (including phenoxy) is 3. The number of rotatable bonds is 4. The van der Waals surface area contributed by atoms with Crippen LogP contribution in [0.4, 0.5) is 0 Å². The van der Waals surface area contributed by atoms with E-state index in [4.69, 9.17) is 30.9 Å². The van der Waals surface area contributed by atoms with Crippen molar-refractivity contribution >= 4 is 5.97 Å². The van der Waals surface area contributed by atoms with Crippen LogP contribution in [0.15, 0.2) is 29.8 Å². The molecule has 0 amide bonds. The van der Waals surface area contributed by atoms with Crippen molar-refractivity contribution < 1.29 is 24.1 Å². The average Bonchev–Trinajstić information content (AvgIpc) is 2.39. The number of carboxylic acid groups (broad SMARTS) is 1. The summed E-state index contributed by atoms with van der Waals surface area (Å²) in [6, 6.07) is 4.78. The van der Waals surface area contributed by atoms with Crippen LogP contribution >= 0.6 is 0 Å². The van der Waals surface area contributed by atoms with Gasteiger partial charge in [0.15, 0.2) is 17.2 Å². The molecular weight excluding hydrogens is 254 g/mol. The maximum absolute atomic E-state index is 10.8. The summed E-state index contributed by atoms with van der Waals surface area (Å²) in [6.45, 7) is 0.919. The van der Waals surface area contributed by atoms with Gasteiger partial charge >= 0.3 is 5.97 Å². The Morgan fingerprint density at radius 2 is 2.00 bits per heavy atom. The normalized spacial score (nSPS) is 14.4. The lowest BCUT2D eigenvalue weighted by Crippen LogP contribution is -2.31. The SMILES string of the molecule is NN/C(C(=O)O)=C(\N)Oc1ccc2c(c1)OCCO2. The van der Waals surface area contributed by atoms with Crippen molar-refractivity contribution in [1.82, 2.24) is 5.43 Å². The van der Waals surface area contributed by atoms with Crippen LogP contribution in [0.2, 0.25) is 0 Å². The van der Waals surface area contributed by atoms with Crippen LogP contribution in [0, 0.1) is 0 Å². The maximum atomic E-state index is 10.8. The number of fused-ring (bicyclic) bond motifs is 1. The van der Waals surface area contributed by atoms with Gasteiger partial charge in [-0.3, -0.25) is 5.84 Å². The van der Waals surface area contributed by atoms with Crippen molar-refractivity contribution in [2.24, 2.45) is 11.6 Å². The van der Waals surface area contributed by atoms with Gasteiger partial charge in [0, 0.05) is 6.07 Å². The van der Waals surface area contributed by atoms with Gasteiger partial charge in [-0.05, 0) is 12.1 Å². The molecule has 1 heterocycles. The van der Waals surface area contributed by atoms with E-state index in [0.717, 1.165) is 0 Å². The van der Waals surface area contributed by atoms with E-state index in [1.165, 1.54) is 0 Å². The predicted octanol–water partition coefficient (Wildman–Crippen LogP) is -0.488. The van der Waals surface area contributed by atoms with Crippen LogP contribution < -0.4 is 31.2 Å². The summed E-state index contributed by atoms with van der Waals surface area (Å²) in [6.07, 6.45) is 0. The van der Waals surface area contributed by atoms with E-state index in [1.54, 1.807) is 18.2 Å². The van der Waals surface area contributed by atoms with E-state index < -0.39 is 11.7 Å². The molecule has 0 fully saturated rings. The van der Waals surface area contributed by atoms with E-state index in [1.807, 2.05) is 5.43 Å². The Bertz CT molecular complexity index is 529. The summed E-state index contributed by atoms with van der Waals surface area (Å²) >= 11 is 0. The number of benzene rings is 1. The fraction of sp³-hybridized carbons (Fsp3) is 0.182. The standard InChI is InChI=1S/C11H13N3O5/c12-10(9(14-13)11(15)16)19-6-1-2-7-8(5-6)18-4-3-17-7/h1-2,5,14H,3-4,12-13H2,(H,15,16)/b10-9+. The Morgan fingerprint density at radius 3 is 2.63 bits per heavy atom. The smallest absolute Gasteiger partial charge is 0.358 e. The number of carboxylic acids is 1. The summed E-state index contributed by atoms with van der Waals surface area (Å²) in [7, 11) is 0. The molecule has 0 saturated heterocycles. The number of nitrogens with one attached hydrogen (secondary N) is 1. The van der Waals surface area contributed by atoms with Gasteiger partial charge in [0.25, 0.3) is 0 Å². The van der Waals surface area contributed by atoms with E-state index >= 15 is 0 Å². The minimum Gasteiger partial charge on any atom is -0.486 e. The lowest BCUT2D eigenvalue weighted by atomic mass is 10.3. The molecule has 6 N–H and O–H groups in total. The molecule has 0 radical (unpaired) electrons. The second-order valence-corrected chi connectivity index (χ2v) is 3.60. The first kappa shape index (κ1) is 12.8. The molecule has 102 valence electrons. The molecule has 0 spiro atoms. The van der Waals surface area contributed by atoms with Gasteiger partial charge in [0.2, 0.25) is 5.88 Å². The molecule has 1 aromatic carbocycles. The summed E-state index contributed by atoms with van der Waals surface area (Å²) in [5.74, 6) is 4.79. The number of hydrogen-bond donors (Lipinski definition) is 4. The number of hydrogen-bond acceptors (Lipinski definition) is 7. The molecule has 19 heavy (non-hydrogen) atoms. The molecule has 0 aliphatic carbocycles. The maximum Gasteiger partial charge on any atom is 0.358 e. The minimum absolute atomic E-state index is 0.316. The zero-order valence-corrected chi connectivity index (χ0v) is 9.88. The fourth-order valence-corrected chi connectivity index (χ4v) is 1.50. The summed E-state index contributed by atoms with van der Waals surface area (Å²) in [5.41, 5.74) is 7.02. The first-order valence-electron chi connectivity index (χ1n) is 5.39. The zero-order chi connectivity index (χ0) is 13.8. The third-order valence-corrected chi connectivity index (χ3v) is 2.35. The van der Waals surface area contributed by atoms with Gasteiger partial charge in [0.1, 0.15) is 19.0 Å². The van der Waals surface area contributed by atoms with E-state index in [2.05, 4.69) is 0 Å². The number of hydrazine groups is 1. The summed E-state index contributed by atoms with van der Waals surface area (Å²) < 4.78 is 15.9. The molecule has 0 unspecified atom stereocenters. The van der Waals surface area contributed by atoms with Crippen LogP contribution in [-0.2, 0) is 4.79 Å². The summed E-state index contributed by atoms with van der Waals surface area (Å²) in [5, 5.41) is 8.81. The molecular formula is C11H13N3O5. The van der Waals surface area contributed by atoms with E-state index in [0.29, 0.717) is 30.5 Å². The zero-order valence-electron chi connectivity index (χ0n) is 9.88. The van der Waals surface area contributed by atoms with Crippen molar-refractivity contribution in [2.75, 3.05) is 13.2 Å². The molecule has 1 aromatic rings. The fourth-order valence-electron chi connectivity index (χ4n) is 1.50. The van der Waals surface area contributed by atoms with Crippen LogP contribution in [0.5, 0.6) is 17.2 Å². The Kier molecular flexibility index (Phi) is 3.62. The number of aliphatic carboxylic acids is 1. The van der Waals surface area contributed by atoms with Crippen LogP contribution in [0.3, 0.4) is 0 Å². The van der Waals surface area contributed by atoms with Crippen LogP contribution in [0.25, 0.3) is 0 Å². The Balaban J connectivity index is 2.21. The molecule has 8 heteroatoms. The summed E-state index contributed by atoms with van der Waals surface area (Å²) in [4.78, 5) is 10.8. The number of carbonyl (C=O) groups is 1. The molecule has 0 saturated carbocycles. The van der Waals surface area contributed by atoms with Crippen molar-refractivity contribution in [3.63, 3.8) is 0 Å². The monoisotopic (exact) mass is 267 g/mol.